The molecule has 1 saturated heterocycles. The van der Waals surface area contributed by atoms with Crippen molar-refractivity contribution in [3.05, 3.63) is 48.0 Å². The summed E-state index contributed by atoms with van der Waals surface area (Å²) in [5.74, 6) is 0.266. The van der Waals surface area contributed by atoms with E-state index in [1.54, 1.807) is 36.1 Å². The van der Waals surface area contributed by atoms with Gasteiger partial charge in [0.15, 0.2) is 0 Å². The summed E-state index contributed by atoms with van der Waals surface area (Å²) in [5.41, 5.74) is 1.38. The molecule has 0 unspecified atom stereocenters. The number of hydrogen-bond acceptors (Lipinski definition) is 3. The summed E-state index contributed by atoms with van der Waals surface area (Å²) >= 11 is 0. The first-order valence-electron chi connectivity index (χ1n) is 7.99. The molecule has 0 bridgehead atoms. The summed E-state index contributed by atoms with van der Waals surface area (Å²) in [5, 5.41) is 12.4. The van der Waals surface area contributed by atoms with E-state index >= 15 is 0 Å². The molecule has 1 fully saturated rings. The average molecular weight is 316 g/mol. The molecular formula is C18H24N2O3. The largest absolute Gasteiger partial charge is 0.389 e. The molecule has 0 aliphatic carbocycles. The van der Waals surface area contributed by atoms with Gasteiger partial charge in [0.05, 0.1) is 6.10 Å². The molecular weight excluding hydrogens is 292 g/mol. The van der Waals surface area contributed by atoms with E-state index in [1.807, 2.05) is 0 Å². The van der Waals surface area contributed by atoms with E-state index in [1.165, 1.54) is 6.08 Å². The number of nitrogens with one attached hydrogen (secondary N) is 1. The molecule has 1 aliphatic rings. The van der Waals surface area contributed by atoms with Gasteiger partial charge >= 0.3 is 0 Å². The van der Waals surface area contributed by atoms with Gasteiger partial charge < -0.3 is 15.3 Å². The van der Waals surface area contributed by atoms with Crippen LogP contribution >= 0.6 is 0 Å². The molecule has 23 heavy (non-hydrogen) atoms. The molecule has 1 aromatic carbocycles. The summed E-state index contributed by atoms with van der Waals surface area (Å²) in [7, 11) is 0. The second-order valence-electron chi connectivity index (χ2n) is 5.98. The van der Waals surface area contributed by atoms with Crippen LogP contribution in [0.3, 0.4) is 0 Å². The highest BCUT2D eigenvalue weighted by Gasteiger charge is 2.21. The van der Waals surface area contributed by atoms with Crippen molar-refractivity contribution in [2.45, 2.75) is 25.9 Å². The Morgan fingerprint density at radius 2 is 1.96 bits per heavy atom. The monoisotopic (exact) mass is 316 g/mol. The third-order valence-corrected chi connectivity index (χ3v) is 4.31. The number of piperidine rings is 1. The van der Waals surface area contributed by atoms with Crippen molar-refractivity contribution in [1.29, 1.82) is 0 Å². The minimum Gasteiger partial charge on any atom is -0.389 e. The highest BCUT2D eigenvalue weighted by molar-refractivity contribution is 5.94. The Kier molecular flexibility index (Phi) is 5.93. The van der Waals surface area contributed by atoms with Gasteiger partial charge in [0.25, 0.3) is 5.91 Å². The number of carbonyl (C=O) groups is 2. The number of benzene rings is 1. The predicted molar refractivity (Wildman–Crippen MR) is 88.9 cm³/mol. The van der Waals surface area contributed by atoms with Crippen molar-refractivity contribution in [1.82, 2.24) is 10.2 Å². The van der Waals surface area contributed by atoms with Gasteiger partial charge in [-0.05, 0) is 49.5 Å². The number of carbonyl (C=O) groups excluding carboxylic acids is 2. The third-order valence-electron chi connectivity index (χ3n) is 4.31. The van der Waals surface area contributed by atoms with Gasteiger partial charge in [0.2, 0.25) is 5.91 Å². The fourth-order valence-corrected chi connectivity index (χ4v) is 2.74. The smallest absolute Gasteiger partial charge is 0.251 e. The Balaban J connectivity index is 1.79. The summed E-state index contributed by atoms with van der Waals surface area (Å²) in [6.45, 7) is 7.25. The van der Waals surface area contributed by atoms with Crippen LogP contribution in [0, 0.1) is 5.92 Å². The Morgan fingerprint density at radius 1 is 1.35 bits per heavy atom. The fraction of sp³-hybridized carbons (Fsp3) is 0.444. The van der Waals surface area contributed by atoms with Crippen LogP contribution in [-0.4, -0.2) is 41.5 Å². The minimum absolute atomic E-state index is 0.0225. The number of nitrogens with zero attached hydrogens (tertiary/aromatic N) is 1. The maximum atomic E-state index is 12.1. The highest BCUT2D eigenvalue weighted by atomic mass is 16.3. The van der Waals surface area contributed by atoms with Gasteiger partial charge in [-0.25, -0.2) is 0 Å². The zero-order valence-electron chi connectivity index (χ0n) is 13.5. The first-order chi connectivity index (χ1) is 11.0. The first-order valence-corrected chi connectivity index (χ1v) is 7.99. The highest BCUT2D eigenvalue weighted by Crippen LogP contribution is 2.17. The normalized spacial score (nSPS) is 16.7. The topological polar surface area (TPSA) is 69.6 Å². The van der Waals surface area contributed by atoms with Crippen molar-refractivity contribution >= 4 is 11.8 Å². The van der Waals surface area contributed by atoms with E-state index in [4.69, 9.17) is 0 Å². The maximum Gasteiger partial charge on any atom is 0.251 e. The molecule has 1 atom stereocenters. The number of aliphatic hydroxyl groups excluding tert-OH is 1. The van der Waals surface area contributed by atoms with Crippen LogP contribution in [0.1, 0.15) is 41.8 Å². The zero-order chi connectivity index (χ0) is 16.8. The molecule has 0 aromatic heterocycles. The van der Waals surface area contributed by atoms with E-state index < -0.39 is 6.10 Å². The average Bonchev–Trinajstić information content (AvgIpc) is 2.59. The molecule has 1 aromatic rings. The zero-order valence-corrected chi connectivity index (χ0v) is 13.5. The second-order valence-corrected chi connectivity index (χ2v) is 5.98. The van der Waals surface area contributed by atoms with E-state index in [0.29, 0.717) is 31.1 Å². The van der Waals surface area contributed by atoms with Crippen LogP contribution < -0.4 is 5.32 Å². The lowest BCUT2D eigenvalue weighted by molar-refractivity contribution is -0.127. The van der Waals surface area contributed by atoms with Gasteiger partial charge in [-0.1, -0.05) is 18.7 Å². The van der Waals surface area contributed by atoms with Crippen molar-refractivity contribution < 1.29 is 14.7 Å². The SMILES string of the molecule is C=CC(=O)N1CCC(CNC(=O)c2ccc([C@@H](C)O)cc2)CC1. The number of likely N-dealkylation sites (tertiary alicyclic amines) is 1. The van der Waals surface area contributed by atoms with E-state index in [0.717, 1.165) is 18.4 Å². The van der Waals surface area contributed by atoms with Gasteiger partial charge in [0, 0.05) is 25.2 Å². The third kappa shape index (κ3) is 4.66. The molecule has 0 spiro atoms. The fourth-order valence-electron chi connectivity index (χ4n) is 2.74. The molecule has 1 aliphatic heterocycles. The molecule has 1 heterocycles. The van der Waals surface area contributed by atoms with Crippen LogP contribution in [0.4, 0.5) is 0 Å². The lowest BCUT2D eigenvalue weighted by Crippen LogP contribution is -2.40. The Bertz CT molecular complexity index is 558. The van der Waals surface area contributed by atoms with E-state index in [2.05, 4.69) is 11.9 Å². The van der Waals surface area contributed by atoms with Crippen molar-refractivity contribution in [2.24, 2.45) is 5.92 Å². The number of hydrogen-bond donors (Lipinski definition) is 2. The van der Waals surface area contributed by atoms with Gasteiger partial charge in [-0.15, -0.1) is 0 Å². The van der Waals surface area contributed by atoms with Crippen molar-refractivity contribution in [2.75, 3.05) is 19.6 Å². The van der Waals surface area contributed by atoms with Gasteiger partial charge in [-0.2, -0.15) is 0 Å². The number of rotatable bonds is 5. The summed E-state index contributed by atoms with van der Waals surface area (Å²) in [4.78, 5) is 25.4. The number of aliphatic hydroxyl groups is 1. The lowest BCUT2D eigenvalue weighted by atomic mass is 9.96. The molecule has 124 valence electrons. The predicted octanol–water partition coefficient (Wildman–Crippen LogP) is 1.89. The Hall–Kier alpha value is -2.14. The molecule has 2 N–H and O–H groups in total. The van der Waals surface area contributed by atoms with Gasteiger partial charge in [0.1, 0.15) is 0 Å². The van der Waals surface area contributed by atoms with Crippen LogP contribution in [0.25, 0.3) is 0 Å². The minimum atomic E-state index is -0.532. The number of amides is 2. The Labute approximate surface area is 137 Å². The molecule has 0 saturated carbocycles. The van der Waals surface area contributed by atoms with Gasteiger partial charge in [-0.3, -0.25) is 9.59 Å². The summed E-state index contributed by atoms with van der Waals surface area (Å²) < 4.78 is 0. The van der Waals surface area contributed by atoms with Crippen molar-refractivity contribution in [3.63, 3.8) is 0 Å². The molecule has 5 nitrogen and oxygen atoms in total. The van der Waals surface area contributed by atoms with Crippen LogP contribution in [0.5, 0.6) is 0 Å². The van der Waals surface area contributed by atoms with E-state index in [9.17, 15) is 14.7 Å². The van der Waals surface area contributed by atoms with E-state index in [-0.39, 0.29) is 11.8 Å². The van der Waals surface area contributed by atoms with Crippen LogP contribution in [0.2, 0.25) is 0 Å². The summed E-state index contributed by atoms with van der Waals surface area (Å²) in [6.07, 6.45) is 2.59. The Morgan fingerprint density at radius 3 is 2.48 bits per heavy atom. The standard InChI is InChI=1S/C18H24N2O3/c1-3-17(22)20-10-8-14(9-11-20)12-19-18(23)16-6-4-15(5-7-16)13(2)21/h3-7,13-14,21H,1,8-12H2,2H3,(H,19,23)/t13-/m1/s1. The van der Waals surface area contributed by atoms with Crippen molar-refractivity contribution in [3.8, 4) is 0 Å². The molecule has 2 amide bonds. The molecule has 0 radical (unpaired) electrons. The van der Waals surface area contributed by atoms with Crippen LogP contribution in [-0.2, 0) is 4.79 Å². The summed E-state index contributed by atoms with van der Waals surface area (Å²) in [6, 6.07) is 6.98. The first kappa shape index (κ1) is 17.2. The second kappa shape index (κ2) is 7.92. The van der Waals surface area contributed by atoms with Crippen LogP contribution in [0.15, 0.2) is 36.9 Å². The maximum absolute atomic E-state index is 12.1. The quantitative estimate of drug-likeness (QED) is 0.815. The molecule has 5 heteroatoms. The lowest BCUT2D eigenvalue weighted by Gasteiger charge is -2.31. The molecule has 2 rings (SSSR count).